The van der Waals surface area contributed by atoms with Crippen molar-refractivity contribution in [2.24, 2.45) is 5.92 Å². The Morgan fingerprint density at radius 1 is 0.536 bits per heavy atom. The third-order valence-corrected chi connectivity index (χ3v) is 11.3. The maximum absolute atomic E-state index is 11.0. The van der Waals surface area contributed by atoms with E-state index in [2.05, 4.69) is 174 Å². The molecule has 0 radical (unpaired) electrons. The Hall–Kier alpha value is -7.10. The molecule has 0 spiro atoms. The number of phenolic OH excluding ortho intramolecular Hbond substituents is 1. The zero-order valence-electron chi connectivity index (χ0n) is 30.9. The van der Waals surface area contributed by atoms with Gasteiger partial charge in [-0.3, -0.25) is 0 Å². The van der Waals surface area contributed by atoms with Crippen molar-refractivity contribution < 1.29 is 5.11 Å². The van der Waals surface area contributed by atoms with Gasteiger partial charge in [-0.1, -0.05) is 164 Å². The Morgan fingerprint density at radius 2 is 1.23 bits per heavy atom. The van der Waals surface area contributed by atoms with Gasteiger partial charge in [-0.2, -0.15) is 0 Å². The molecule has 56 heavy (non-hydrogen) atoms. The normalized spacial score (nSPS) is 16.4. The summed E-state index contributed by atoms with van der Waals surface area (Å²) in [6.07, 6.45) is 14.6. The third kappa shape index (κ3) is 6.14. The second kappa shape index (κ2) is 14.3. The van der Waals surface area contributed by atoms with Crippen LogP contribution in [0.3, 0.4) is 0 Å². The van der Waals surface area contributed by atoms with Crippen molar-refractivity contribution in [1.29, 1.82) is 0 Å². The molecular weight excluding hydrogens is 681 g/mol. The second-order valence-corrected chi connectivity index (χ2v) is 14.7. The number of rotatable bonds is 7. The molecule has 8 aromatic rings. The van der Waals surface area contributed by atoms with E-state index in [-0.39, 0.29) is 11.8 Å². The van der Waals surface area contributed by atoms with E-state index in [4.69, 9.17) is 0 Å². The fourth-order valence-corrected chi connectivity index (χ4v) is 8.51. The average molecular weight is 721 g/mol. The number of hydrogen-bond acceptors (Lipinski definition) is 2. The Morgan fingerprint density at radius 3 is 2.04 bits per heavy atom. The number of phenols is 1. The summed E-state index contributed by atoms with van der Waals surface area (Å²) in [6.45, 7) is 0. The Balaban J connectivity index is 1.01. The first kappa shape index (κ1) is 33.5. The topological polar surface area (TPSA) is 37.2 Å². The molecule has 0 fully saturated rings. The minimum atomic E-state index is 0.206. The van der Waals surface area contributed by atoms with Gasteiger partial charge in [-0.05, 0) is 93.4 Å². The van der Waals surface area contributed by atoms with Crippen LogP contribution in [0.25, 0.3) is 72.1 Å². The van der Waals surface area contributed by atoms with E-state index in [1.807, 2.05) is 36.4 Å². The zero-order valence-corrected chi connectivity index (χ0v) is 30.9. The molecule has 7 aromatic carbocycles. The molecule has 2 unspecified atom stereocenters. The molecule has 0 saturated carbocycles. The van der Waals surface area contributed by atoms with Crippen LogP contribution in [0, 0.1) is 5.92 Å². The van der Waals surface area contributed by atoms with Crippen LogP contribution in [-0.2, 0) is 0 Å². The molecule has 1 aromatic heterocycles. The van der Waals surface area contributed by atoms with Crippen LogP contribution in [0.15, 0.2) is 206 Å². The van der Waals surface area contributed by atoms with Crippen molar-refractivity contribution in [2.45, 2.75) is 12.5 Å². The SMILES string of the molecule is Oc1cccc(-c2cccc(-n3c4ccccc4c4cc(-c5ccc(C6=CC(c7ccccc7)=CC(C7C=CC=CC7)N6)cc5)ccc43)c2)c1-c1ccccc1. The number of nitrogens with zero attached hydrogens (tertiary/aromatic N) is 1. The van der Waals surface area contributed by atoms with Crippen LogP contribution in [0.4, 0.5) is 0 Å². The number of nitrogens with one attached hydrogen (secondary N) is 1. The Labute approximate surface area is 327 Å². The predicted molar refractivity (Wildman–Crippen MR) is 234 cm³/mol. The number of benzene rings is 7. The highest BCUT2D eigenvalue weighted by Crippen LogP contribution is 2.41. The fraction of sp³-hybridized carbons (Fsp3) is 0.0566. The van der Waals surface area contributed by atoms with Gasteiger partial charge in [-0.15, -0.1) is 0 Å². The second-order valence-electron chi connectivity index (χ2n) is 14.7. The highest BCUT2D eigenvalue weighted by Gasteiger charge is 2.23. The van der Waals surface area contributed by atoms with E-state index in [1.54, 1.807) is 6.07 Å². The molecule has 10 rings (SSSR count). The number of aromatic nitrogens is 1. The quantitative estimate of drug-likeness (QED) is 0.172. The van der Waals surface area contributed by atoms with Crippen LogP contribution >= 0.6 is 0 Å². The molecular formula is C53H40N2O. The van der Waals surface area contributed by atoms with Gasteiger partial charge in [0.2, 0.25) is 0 Å². The number of allylic oxidation sites excluding steroid dienone is 5. The molecule has 0 bridgehead atoms. The van der Waals surface area contributed by atoms with E-state index in [9.17, 15) is 5.11 Å². The van der Waals surface area contributed by atoms with E-state index >= 15 is 0 Å². The van der Waals surface area contributed by atoms with Gasteiger partial charge in [0.25, 0.3) is 0 Å². The lowest BCUT2D eigenvalue weighted by molar-refractivity contribution is 0.477. The van der Waals surface area contributed by atoms with E-state index in [0.29, 0.717) is 5.92 Å². The lowest BCUT2D eigenvalue weighted by Crippen LogP contribution is -2.35. The van der Waals surface area contributed by atoms with Gasteiger partial charge in [0, 0.05) is 33.6 Å². The third-order valence-electron chi connectivity index (χ3n) is 11.3. The molecule has 2 N–H and O–H groups in total. The first-order chi connectivity index (χ1) is 27.7. The molecule has 268 valence electrons. The number of dihydropyridines is 1. The van der Waals surface area contributed by atoms with Gasteiger partial charge in [0.15, 0.2) is 0 Å². The van der Waals surface area contributed by atoms with E-state index < -0.39 is 0 Å². The lowest BCUT2D eigenvalue weighted by atomic mass is 9.87. The van der Waals surface area contributed by atoms with Crippen molar-refractivity contribution in [3.05, 3.63) is 217 Å². The highest BCUT2D eigenvalue weighted by atomic mass is 16.3. The average Bonchev–Trinajstić information content (AvgIpc) is 3.61. The Bertz CT molecular complexity index is 2860. The first-order valence-corrected chi connectivity index (χ1v) is 19.4. The van der Waals surface area contributed by atoms with Crippen LogP contribution in [0.2, 0.25) is 0 Å². The molecule has 2 aliphatic rings. The van der Waals surface area contributed by atoms with E-state index in [1.165, 1.54) is 38.6 Å². The van der Waals surface area contributed by atoms with Crippen molar-refractivity contribution in [3.8, 4) is 44.8 Å². The number of fused-ring (bicyclic) bond motifs is 3. The molecule has 0 amide bonds. The summed E-state index contributed by atoms with van der Waals surface area (Å²) >= 11 is 0. The van der Waals surface area contributed by atoms with Gasteiger partial charge in [-0.25, -0.2) is 0 Å². The van der Waals surface area contributed by atoms with Crippen molar-refractivity contribution in [1.82, 2.24) is 9.88 Å². The predicted octanol–water partition coefficient (Wildman–Crippen LogP) is 13.0. The number of aromatic hydroxyl groups is 1. The number of para-hydroxylation sites is 1. The largest absolute Gasteiger partial charge is 0.507 e. The van der Waals surface area contributed by atoms with Crippen molar-refractivity contribution in [3.63, 3.8) is 0 Å². The van der Waals surface area contributed by atoms with Gasteiger partial charge in [0.05, 0.1) is 17.1 Å². The summed E-state index contributed by atoms with van der Waals surface area (Å²) in [5.74, 6) is 0.673. The number of hydrogen-bond donors (Lipinski definition) is 2. The van der Waals surface area contributed by atoms with Crippen LogP contribution < -0.4 is 5.32 Å². The van der Waals surface area contributed by atoms with E-state index in [0.717, 1.165) is 51.1 Å². The van der Waals surface area contributed by atoms with Gasteiger partial charge in [0.1, 0.15) is 5.75 Å². The summed E-state index contributed by atoms with van der Waals surface area (Å²) in [6, 6.07) is 59.9. The maximum atomic E-state index is 11.0. The molecule has 0 saturated heterocycles. The molecule has 3 heteroatoms. The smallest absolute Gasteiger partial charge is 0.124 e. The summed E-state index contributed by atoms with van der Waals surface area (Å²) in [5, 5.41) is 17.3. The van der Waals surface area contributed by atoms with Gasteiger partial charge >= 0.3 is 0 Å². The monoisotopic (exact) mass is 720 g/mol. The highest BCUT2D eigenvalue weighted by molar-refractivity contribution is 6.10. The summed E-state index contributed by atoms with van der Waals surface area (Å²) in [4.78, 5) is 0. The Kier molecular flexibility index (Phi) is 8.53. The zero-order chi connectivity index (χ0) is 37.4. The lowest BCUT2D eigenvalue weighted by Gasteiger charge is -2.30. The summed E-state index contributed by atoms with van der Waals surface area (Å²) in [5.41, 5.74) is 14.4. The minimum absolute atomic E-state index is 0.206. The fourth-order valence-electron chi connectivity index (χ4n) is 8.51. The molecule has 1 aliphatic carbocycles. The van der Waals surface area contributed by atoms with Crippen LogP contribution in [0.5, 0.6) is 5.75 Å². The molecule has 2 atom stereocenters. The minimum Gasteiger partial charge on any atom is -0.507 e. The van der Waals surface area contributed by atoms with Crippen molar-refractivity contribution in [2.75, 3.05) is 0 Å². The van der Waals surface area contributed by atoms with Crippen molar-refractivity contribution >= 4 is 33.1 Å². The first-order valence-electron chi connectivity index (χ1n) is 19.4. The molecule has 1 aliphatic heterocycles. The molecule has 2 heterocycles. The summed E-state index contributed by atoms with van der Waals surface area (Å²) < 4.78 is 2.36. The molecule has 3 nitrogen and oxygen atoms in total. The maximum Gasteiger partial charge on any atom is 0.124 e. The standard InChI is InChI=1S/C53H40N2O/c56-52-25-13-23-45(53(52)40-18-8-3-9-19-40)42-20-12-21-44(32-42)55-50-24-11-10-22-46(50)47-33-41(30-31-51(47)55)37-26-28-39(29-27-37)49-35-43(36-14-4-1-5-15-36)34-48(54-49)38-16-6-2-7-17-38/h1-16,18-35,38,48,54,56H,17H2. The van der Waals surface area contributed by atoms with Gasteiger partial charge < -0.3 is 15.0 Å². The van der Waals surface area contributed by atoms with Crippen LogP contribution in [0.1, 0.15) is 17.5 Å². The van der Waals surface area contributed by atoms with Crippen LogP contribution in [-0.4, -0.2) is 15.7 Å². The summed E-state index contributed by atoms with van der Waals surface area (Å²) in [7, 11) is 0.